The lowest BCUT2D eigenvalue weighted by Gasteiger charge is -2.32. The van der Waals surface area contributed by atoms with Crippen LogP contribution in [0.2, 0.25) is 0 Å². The molecule has 2 aliphatic heterocycles. The monoisotopic (exact) mass is 349 g/mol. The van der Waals surface area contributed by atoms with Gasteiger partial charge < -0.3 is 9.64 Å². The van der Waals surface area contributed by atoms with E-state index >= 15 is 0 Å². The Hall–Kier alpha value is -2.66. The van der Waals surface area contributed by atoms with Gasteiger partial charge in [-0.3, -0.25) is 4.79 Å². The second-order valence-electron chi connectivity index (χ2n) is 6.75. The number of morpholine rings is 1. The van der Waals surface area contributed by atoms with Crippen molar-refractivity contribution in [3.05, 3.63) is 65.7 Å². The number of ether oxygens (including phenoxy) is 1. The minimum absolute atomic E-state index is 0.0425. The van der Waals surface area contributed by atoms with Gasteiger partial charge in [0.05, 0.1) is 18.9 Å². The van der Waals surface area contributed by atoms with Gasteiger partial charge in [-0.05, 0) is 30.2 Å². The number of benzene rings is 2. The zero-order valence-corrected chi connectivity index (χ0v) is 15.0. The van der Waals surface area contributed by atoms with E-state index in [1.54, 1.807) is 4.90 Å². The SMILES string of the molecule is Cc1cccc(N2C(=O)C(Cc3ccccc3)N=C2N2CCOCC2)c1. The van der Waals surface area contributed by atoms with Crippen molar-refractivity contribution in [2.24, 2.45) is 4.99 Å². The van der Waals surface area contributed by atoms with Crippen molar-refractivity contribution in [3.8, 4) is 0 Å². The number of amides is 1. The quantitative estimate of drug-likeness (QED) is 0.856. The van der Waals surface area contributed by atoms with E-state index in [1.165, 1.54) is 0 Å². The van der Waals surface area contributed by atoms with Gasteiger partial charge in [0, 0.05) is 19.5 Å². The van der Waals surface area contributed by atoms with Crippen LogP contribution in [-0.4, -0.2) is 49.1 Å². The summed E-state index contributed by atoms with van der Waals surface area (Å²) < 4.78 is 5.47. The minimum Gasteiger partial charge on any atom is -0.378 e. The first-order chi connectivity index (χ1) is 12.7. The number of aryl methyl sites for hydroxylation is 1. The molecule has 26 heavy (non-hydrogen) atoms. The van der Waals surface area contributed by atoms with E-state index in [1.807, 2.05) is 61.5 Å². The van der Waals surface area contributed by atoms with Crippen LogP contribution in [0.3, 0.4) is 0 Å². The maximum Gasteiger partial charge on any atom is 0.259 e. The number of carbonyl (C=O) groups excluding carboxylic acids is 1. The predicted octanol–water partition coefficient (Wildman–Crippen LogP) is 2.64. The molecule has 5 nitrogen and oxygen atoms in total. The summed E-state index contributed by atoms with van der Waals surface area (Å²) in [5.74, 6) is 0.797. The summed E-state index contributed by atoms with van der Waals surface area (Å²) in [4.78, 5) is 22.0. The molecule has 1 fully saturated rings. The highest BCUT2D eigenvalue weighted by Gasteiger charge is 2.38. The first kappa shape index (κ1) is 16.8. The summed E-state index contributed by atoms with van der Waals surface area (Å²) in [5.41, 5.74) is 3.14. The third kappa shape index (κ3) is 3.35. The van der Waals surface area contributed by atoms with Crippen molar-refractivity contribution in [2.75, 3.05) is 31.2 Å². The molecule has 1 amide bonds. The highest BCUT2D eigenvalue weighted by molar-refractivity contribution is 6.22. The van der Waals surface area contributed by atoms with E-state index in [2.05, 4.69) is 4.90 Å². The van der Waals surface area contributed by atoms with Crippen LogP contribution in [0.5, 0.6) is 0 Å². The van der Waals surface area contributed by atoms with Gasteiger partial charge >= 0.3 is 0 Å². The molecule has 4 rings (SSSR count). The molecule has 0 bridgehead atoms. The van der Waals surface area contributed by atoms with Gasteiger partial charge in [0.15, 0.2) is 0 Å². The van der Waals surface area contributed by atoms with Gasteiger partial charge in [-0.2, -0.15) is 0 Å². The normalized spacial score (nSPS) is 20.4. The molecule has 134 valence electrons. The zero-order chi connectivity index (χ0) is 17.9. The summed E-state index contributed by atoms with van der Waals surface area (Å²) >= 11 is 0. The number of anilines is 1. The summed E-state index contributed by atoms with van der Waals surface area (Å²) in [6.45, 7) is 4.88. The fourth-order valence-electron chi connectivity index (χ4n) is 3.47. The number of rotatable bonds is 3. The molecular weight excluding hydrogens is 326 g/mol. The predicted molar refractivity (Wildman–Crippen MR) is 102 cm³/mol. The van der Waals surface area contributed by atoms with Crippen molar-refractivity contribution >= 4 is 17.6 Å². The lowest BCUT2D eigenvalue weighted by Crippen LogP contribution is -2.49. The van der Waals surface area contributed by atoms with Gasteiger partial charge in [-0.1, -0.05) is 42.5 Å². The molecule has 2 aromatic carbocycles. The fourth-order valence-corrected chi connectivity index (χ4v) is 3.47. The molecule has 0 aromatic heterocycles. The van der Waals surface area contributed by atoms with Crippen molar-refractivity contribution in [1.82, 2.24) is 4.90 Å². The van der Waals surface area contributed by atoms with Crippen LogP contribution in [0.15, 0.2) is 59.6 Å². The van der Waals surface area contributed by atoms with Crippen LogP contribution in [0, 0.1) is 6.92 Å². The first-order valence-corrected chi connectivity index (χ1v) is 9.07. The van der Waals surface area contributed by atoms with Crippen molar-refractivity contribution < 1.29 is 9.53 Å². The van der Waals surface area contributed by atoms with Crippen LogP contribution in [0.1, 0.15) is 11.1 Å². The highest BCUT2D eigenvalue weighted by Crippen LogP contribution is 2.26. The van der Waals surface area contributed by atoms with E-state index in [-0.39, 0.29) is 11.9 Å². The van der Waals surface area contributed by atoms with E-state index in [9.17, 15) is 4.79 Å². The zero-order valence-electron chi connectivity index (χ0n) is 15.0. The number of guanidine groups is 1. The number of nitrogens with zero attached hydrogens (tertiary/aromatic N) is 3. The summed E-state index contributed by atoms with van der Waals surface area (Å²) in [6.07, 6.45) is 0.621. The first-order valence-electron chi connectivity index (χ1n) is 9.07. The molecule has 2 aromatic rings. The highest BCUT2D eigenvalue weighted by atomic mass is 16.5. The third-order valence-electron chi connectivity index (χ3n) is 4.80. The van der Waals surface area contributed by atoms with Crippen LogP contribution in [0.25, 0.3) is 0 Å². The second-order valence-corrected chi connectivity index (χ2v) is 6.75. The number of aliphatic imine (C=N–C) groups is 1. The van der Waals surface area contributed by atoms with Crippen LogP contribution in [0.4, 0.5) is 5.69 Å². The number of hydrogen-bond donors (Lipinski definition) is 0. The van der Waals surface area contributed by atoms with Crippen molar-refractivity contribution in [3.63, 3.8) is 0 Å². The molecule has 0 aliphatic carbocycles. The Morgan fingerprint density at radius 2 is 1.85 bits per heavy atom. The molecule has 2 aliphatic rings. The van der Waals surface area contributed by atoms with Crippen molar-refractivity contribution in [1.29, 1.82) is 0 Å². The molecule has 0 spiro atoms. The molecule has 0 N–H and O–H groups in total. The topological polar surface area (TPSA) is 45.1 Å². The van der Waals surface area contributed by atoms with Crippen LogP contribution in [-0.2, 0) is 16.0 Å². The lowest BCUT2D eigenvalue weighted by atomic mass is 10.1. The van der Waals surface area contributed by atoms with Gasteiger partial charge in [0.25, 0.3) is 5.91 Å². The van der Waals surface area contributed by atoms with Crippen LogP contribution < -0.4 is 4.90 Å². The summed E-state index contributed by atoms with van der Waals surface area (Å²) in [5, 5.41) is 0. The van der Waals surface area contributed by atoms with E-state index in [4.69, 9.17) is 9.73 Å². The Morgan fingerprint density at radius 1 is 1.08 bits per heavy atom. The number of carbonyl (C=O) groups is 1. The molecule has 2 heterocycles. The maximum atomic E-state index is 13.2. The molecule has 0 radical (unpaired) electrons. The smallest absolute Gasteiger partial charge is 0.259 e. The van der Waals surface area contributed by atoms with Gasteiger partial charge in [-0.25, -0.2) is 9.89 Å². The Labute approximate surface area is 153 Å². The Balaban J connectivity index is 1.67. The van der Waals surface area contributed by atoms with Crippen LogP contribution >= 0.6 is 0 Å². The van der Waals surface area contributed by atoms with Gasteiger partial charge in [0.1, 0.15) is 6.04 Å². The maximum absolute atomic E-state index is 13.2. The minimum atomic E-state index is -0.379. The average Bonchev–Trinajstić information content (AvgIpc) is 3.00. The molecule has 1 atom stereocenters. The number of hydrogen-bond acceptors (Lipinski definition) is 4. The Morgan fingerprint density at radius 3 is 2.58 bits per heavy atom. The van der Waals surface area contributed by atoms with Crippen molar-refractivity contribution in [2.45, 2.75) is 19.4 Å². The molecule has 5 heteroatoms. The molecule has 0 saturated carbocycles. The Bertz CT molecular complexity index is 813. The average molecular weight is 349 g/mol. The van der Waals surface area contributed by atoms with Gasteiger partial charge in [-0.15, -0.1) is 0 Å². The standard InChI is InChI=1S/C21H23N3O2/c1-16-6-5-9-18(14-16)24-20(25)19(15-17-7-3-2-4-8-17)22-21(24)23-10-12-26-13-11-23/h2-9,14,19H,10-13,15H2,1H3. The summed E-state index contributed by atoms with van der Waals surface area (Å²) in [6, 6.07) is 17.7. The van der Waals surface area contributed by atoms with E-state index < -0.39 is 0 Å². The molecule has 1 saturated heterocycles. The van der Waals surface area contributed by atoms with Gasteiger partial charge in [0.2, 0.25) is 5.96 Å². The third-order valence-corrected chi connectivity index (χ3v) is 4.80. The molecule has 1 unspecified atom stereocenters. The van der Waals surface area contributed by atoms with E-state index in [0.29, 0.717) is 19.6 Å². The second kappa shape index (κ2) is 7.30. The lowest BCUT2D eigenvalue weighted by molar-refractivity contribution is -0.118. The van der Waals surface area contributed by atoms with E-state index in [0.717, 1.165) is 35.9 Å². The summed E-state index contributed by atoms with van der Waals surface area (Å²) in [7, 11) is 0. The largest absolute Gasteiger partial charge is 0.378 e. The molecular formula is C21H23N3O2. The Kier molecular flexibility index (Phi) is 4.71. The fraction of sp³-hybridized carbons (Fsp3) is 0.333.